The molecule has 0 unspecified atom stereocenters. The van der Waals surface area contributed by atoms with Crippen LogP contribution in [0.4, 0.5) is 0 Å². The number of aryl methyl sites for hydroxylation is 2. The molecule has 1 aromatic heterocycles. The van der Waals surface area contributed by atoms with Crippen LogP contribution >= 0.6 is 23.2 Å². The standard InChI is InChI=1S/C11H10Cl2N4/c1-7-15-16-8(2)17(7)14-6-9-10(12)4-3-5-11(9)13/h3-6H,1-2H3/b14-6+. The molecule has 1 heterocycles. The maximum absolute atomic E-state index is 6.03. The molecular weight excluding hydrogens is 259 g/mol. The Balaban J connectivity index is 2.39. The fraction of sp³-hybridized carbons (Fsp3) is 0.182. The van der Waals surface area contributed by atoms with Crippen molar-refractivity contribution in [3.63, 3.8) is 0 Å². The summed E-state index contributed by atoms with van der Waals surface area (Å²) in [5, 5.41) is 13.2. The minimum atomic E-state index is 0.560. The van der Waals surface area contributed by atoms with Crippen LogP contribution in [0.3, 0.4) is 0 Å². The van der Waals surface area contributed by atoms with Crippen LogP contribution in [0.2, 0.25) is 10.0 Å². The summed E-state index contributed by atoms with van der Waals surface area (Å²) in [5.74, 6) is 1.42. The fourth-order valence-corrected chi connectivity index (χ4v) is 1.88. The summed E-state index contributed by atoms with van der Waals surface area (Å²) >= 11 is 12.1. The van der Waals surface area contributed by atoms with Gasteiger partial charge in [-0.3, -0.25) is 0 Å². The topological polar surface area (TPSA) is 43.1 Å². The lowest BCUT2D eigenvalue weighted by Crippen LogP contribution is -1.97. The second-order valence-electron chi connectivity index (χ2n) is 3.49. The SMILES string of the molecule is Cc1nnc(C)n1/N=C/c1c(Cl)cccc1Cl. The first kappa shape index (κ1) is 12.1. The van der Waals surface area contributed by atoms with Gasteiger partial charge in [0.05, 0.1) is 16.3 Å². The molecule has 0 spiro atoms. The molecule has 0 aliphatic heterocycles. The zero-order valence-electron chi connectivity index (χ0n) is 9.35. The highest BCUT2D eigenvalue weighted by Crippen LogP contribution is 2.22. The van der Waals surface area contributed by atoms with E-state index < -0.39 is 0 Å². The van der Waals surface area contributed by atoms with Crippen LogP contribution in [-0.2, 0) is 0 Å². The molecule has 0 saturated carbocycles. The van der Waals surface area contributed by atoms with E-state index in [1.165, 1.54) is 0 Å². The van der Waals surface area contributed by atoms with E-state index in [0.717, 1.165) is 0 Å². The van der Waals surface area contributed by atoms with E-state index in [2.05, 4.69) is 15.3 Å². The maximum atomic E-state index is 6.03. The smallest absolute Gasteiger partial charge is 0.151 e. The van der Waals surface area contributed by atoms with Crippen molar-refractivity contribution < 1.29 is 0 Å². The van der Waals surface area contributed by atoms with Gasteiger partial charge in [-0.15, -0.1) is 10.2 Å². The number of nitrogens with zero attached hydrogens (tertiary/aromatic N) is 4. The third kappa shape index (κ3) is 2.48. The molecule has 0 N–H and O–H groups in total. The summed E-state index contributed by atoms with van der Waals surface area (Å²) in [6.07, 6.45) is 1.61. The van der Waals surface area contributed by atoms with E-state index >= 15 is 0 Å². The van der Waals surface area contributed by atoms with Crippen molar-refractivity contribution in [2.75, 3.05) is 0 Å². The quantitative estimate of drug-likeness (QED) is 0.786. The molecule has 2 aromatic rings. The maximum Gasteiger partial charge on any atom is 0.151 e. The highest BCUT2D eigenvalue weighted by Gasteiger charge is 2.04. The molecule has 0 bridgehead atoms. The van der Waals surface area contributed by atoms with Crippen LogP contribution in [0.15, 0.2) is 23.3 Å². The Hall–Kier alpha value is -1.39. The summed E-state index contributed by atoms with van der Waals surface area (Å²) < 4.78 is 1.62. The number of rotatable bonds is 2. The lowest BCUT2D eigenvalue weighted by molar-refractivity contribution is 0.799. The molecule has 1 aromatic carbocycles. The Morgan fingerprint density at radius 1 is 1.12 bits per heavy atom. The number of aromatic nitrogens is 3. The Labute approximate surface area is 109 Å². The molecule has 0 saturated heterocycles. The highest BCUT2D eigenvalue weighted by molar-refractivity contribution is 6.38. The van der Waals surface area contributed by atoms with Crippen LogP contribution in [0.1, 0.15) is 17.2 Å². The van der Waals surface area contributed by atoms with E-state index in [9.17, 15) is 0 Å². The summed E-state index contributed by atoms with van der Waals surface area (Å²) in [5.41, 5.74) is 0.684. The van der Waals surface area contributed by atoms with Gasteiger partial charge in [-0.1, -0.05) is 29.3 Å². The molecule has 0 radical (unpaired) electrons. The summed E-state index contributed by atoms with van der Waals surface area (Å²) in [6, 6.07) is 5.32. The minimum Gasteiger partial charge on any atom is -0.202 e. The zero-order valence-corrected chi connectivity index (χ0v) is 10.9. The van der Waals surface area contributed by atoms with Crippen molar-refractivity contribution in [1.29, 1.82) is 0 Å². The lowest BCUT2D eigenvalue weighted by atomic mass is 10.2. The van der Waals surface area contributed by atoms with Crippen LogP contribution < -0.4 is 0 Å². The molecule has 0 aliphatic rings. The molecule has 0 atom stereocenters. The molecule has 6 heteroatoms. The molecule has 4 nitrogen and oxygen atoms in total. The molecule has 88 valence electrons. The predicted octanol–water partition coefficient (Wildman–Crippen LogP) is 3.08. The van der Waals surface area contributed by atoms with E-state index in [0.29, 0.717) is 27.3 Å². The predicted molar refractivity (Wildman–Crippen MR) is 69.0 cm³/mol. The van der Waals surface area contributed by atoms with Gasteiger partial charge in [0, 0.05) is 5.56 Å². The van der Waals surface area contributed by atoms with Crippen molar-refractivity contribution in [2.45, 2.75) is 13.8 Å². The normalized spacial score (nSPS) is 11.3. The Morgan fingerprint density at radius 2 is 1.65 bits per heavy atom. The average Bonchev–Trinajstić information content (AvgIpc) is 2.59. The van der Waals surface area contributed by atoms with Crippen LogP contribution in [0.25, 0.3) is 0 Å². The second-order valence-corrected chi connectivity index (χ2v) is 4.30. The van der Waals surface area contributed by atoms with Gasteiger partial charge in [-0.2, -0.15) is 5.10 Å². The zero-order chi connectivity index (χ0) is 12.4. The number of hydrogen-bond acceptors (Lipinski definition) is 3. The van der Waals surface area contributed by atoms with Gasteiger partial charge in [-0.25, -0.2) is 4.68 Å². The second kappa shape index (κ2) is 4.85. The monoisotopic (exact) mass is 268 g/mol. The molecule has 17 heavy (non-hydrogen) atoms. The van der Waals surface area contributed by atoms with Gasteiger partial charge in [-0.05, 0) is 26.0 Å². The third-order valence-electron chi connectivity index (χ3n) is 2.25. The van der Waals surface area contributed by atoms with Gasteiger partial charge >= 0.3 is 0 Å². The van der Waals surface area contributed by atoms with Gasteiger partial charge in [0.25, 0.3) is 0 Å². The largest absolute Gasteiger partial charge is 0.202 e. The first-order valence-electron chi connectivity index (χ1n) is 4.96. The Bertz CT molecular complexity index is 535. The number of hydrogen-bond donors (Lipinski definition) is 0. The first-order chi connectivity index (χ1) is 8.09. The van der Waals surface area contributed by atoms with E-state index in [-0.39, 0.29) is 0 Å². The average molecular weight is 269 g/mol. The highest BCUT2D eigenvalue weighted by atomic mass is 35.5. The van der Waals surface area contributed by atoms with Crippen LogP contribution in [0.5, 0.6) is 0 Å². The van der Waals surface area contributed by atoms with E-state index in [1.54, 1.807) is 29.1 Å². The fourth-order valence-electron chi connectivity index (χ4n) is 1.38. The minimum absolute atomic E-state index is 0.560. The van der Waals surface area contributed by atoms with Crippen molar-refractivity contribution in [3.05, 3.63) is 45.5 Å². The van der Waals surface area contributed by atoms with E-state index in [1.807, 2.05) is 13.8 Å². The molecule has 2 rings (SSSR count). The van der Waals surface area contributed by atoms with E-state index in [4.69, 9.17) is 23.2 Å². The molecule has 0 aliphatic carbocycles. The van der Waals surface area contributed by atoms with Crippen LogP contribution in [0, 0.1) is 13.8 Å². The van der Waals surface area contributed by atoms with Crippen molar-refractivity contribution in [3.8, 4) is 0 Å². The van der Waals surface area contributed by atoms with Crippen molar-refractivity contribution >= 4 is 29.4 Å². The Morgan fingerprint density at radius 3 is 2.18 bits per heavy atom. The number of halogens is 2. The van der Waals surface area contributed by atoms with Crippen molar-refractivity contribution in [1.82, 2.24) is 14.9 Å². The summed E-state index contributed by atoms with van der Waals surface area (Å²) in [4.78, 5) is 0. The molecule has 0 fully saturated rings. The third-order valence-corrected chi connectivity index (χ3v) is 2.91. The first-order valence-corrected chi connectivity index (χ1v) is 5.72. The van der Waals surface area contributed by atoms with Crippen LogP contribution in [-0.4, -0.2) is 21.1 Å². The molecular formula is C11H10Cl2N4. The summed E-state index contributed by atoms with van der Waals surface area (Å²) in [7, 11) is 0. The van der Waals surface area contributed by atoms with Gasteiger partial charge in [0.2, 0.25) is 0 Å². The van der Waals surface area contributed by atoms with Gasteiger partial charge in [0.15, 0.2) is 11.6 Å². The summed E-state index contributed by atoms with van der Waals surface area (Å²) in [6.45, 7) is 3.65. The van der Waals surface area contributed by atoms with Crippen molar-refractivity contribution in [2.24, 2.45) is 5.10 Å². The lowest BCUT2D eigenvalue weighted by Gasteiger charge is -2.01. The Kier molecular flexibility index (Phi) is 3.45. The number of benzene rings is 1. The van der Waals surface area contributed by atoms with Gasteiger partial charge in [0.1, 0.15) is 0 Å². The molecule has 0 amide bonds. The van der Waals surface area contributed by atoms with Gasteiger partial charge < -0.3 is 0 Å².